The van der Waals surface area contributed by atoms with Crippen LogP contribution in [-0.4, -0.2) is 100 Å². The molecule has 0 aromatic heterocycles. The van der Waals surface area contributed by atoms with Crippen molar-refractivity contribution < 1.29 is 40.3 Å². The van der Waals surface area contributed by atoms with Gasteiger partial charge >= 0.3 is 0 Å². The zero-order chi connectivity index (χ0) is 32.2. The molecule has 2 aromatic carbocycles. The summed E-state index contributed by atoms with van der Waals surface area (Å²) in [5.41, 5.74) is 0.171. The van der Waals surface area contributed by atoms with Crippen LogP contribution in [0.3, 0.4) is 0 Å². The van der Waals surface area contributed by atoms with E-state index in [1.165, 1.54) is 24.3 Å². The van der Waals surface area contributed by atoms with Crippen LogP contribution in [0, 0.1) is 17.6 Å². The first-order valence-corrected chi connectivity index (χ1v) is 17.8. The summed E-state index contributed by atoms with van der Waals surface area (Å²) in [4.78, 5) is 27.2. The van der Waals surface area contributed by atoms with E-state index in [0.717, 1.165) is 35.5 Å². The largest absolute Gasteiger partial charge is 0.389 e. The normalized spacial score (nSPS) is 21.3. The van der Waals surface area contributed by atoms with Crippen LogP contribution in [-0.2, 0) is 35.9 Å². The van der Waals surface area contributed by atoms with Crippen LogP contribution in [0.5, 0.6) is 0 Å². The Morgan fingerprint density at radius 2 is 1.70 bits per heavy atom. The molecular weight excluding hydrogens is 618 g/mol. The van der Waals surface area contributed by atoms with Crippen molar-refractivity contribution in [3.8, 4) is 0 Å². The number of piperazine rings is 1. The molecule has 3 N–H and O–H groups in total. The summed E-state index contributed by atoms with van der Waals surface area (Å²) in [5, 5.41) is 17.3. The minimum atomic E-state index is -4.08. The van der Waals surface area contributed by atoms with E-state index in [0.29, 0.717) is 12.6 Å². The molecule has 0 spiro atoms. The van der Waals surface area contributed by atoms with Gasteiger partial charge in [-0.15, -0.1) is 0 Å². The zero-order valence-corrected chi connectivity index (χ0v) is 26.2. The van der Waals surface area contributed by atoms with E-state index in [4.69, 9.17) is 0 Å². The highest BCUT2D eigenvalue weighted by Gasteiger charge is 2.39. The maximum absolute atomic E-state index is 14.0. The number of hydrogen-bond acceptors (Lipinski definition) is 8. The van der Waals surface area contributed by atoms with E-state index < -0.39 is 61.5 Å². The smallest absolute Gasteiger partial charge is 0.243 e. The number of halogens is 2. The van der Waals surface area contributed by atoms with Crippen LogP contribution in [0.15, 0.2) is 52.3 Å². The molecule has 11 nitrogen and oxygen atoms in total. The van der Waals surface area contributed by atoms with Crippen LogP contribution in [0.1, 0.15) is 31.7 Å². The van der Waals surface area contributed by atoms with Gasteiger partial charge in [0.25, 0.3) is 0 Å². The van der Waals surface area contributed by atoms with Crippen LogP contribution in [0.2, 0.25) is 0 Å². The number of amides is 2. The number of rotatable bonds is 12. The van der Waals surface area contributed by atoms with Gasteiger partial charge in [0.1, 0.15) is 11.6 Å². The van der Waals surface area contributed by atoms with Gasteiger partial charge in [-0.05, 0) is 54.8 Å². The molecule has 2 unspecified atom stereocenters. The van der Waals surface area contributed by atoms with Crippen molar-refractivity contribution >= 4 is 31.7 Å². The van der Waals surface area contributed by atoms with Gasteiger partial charge < -0.3 is 20.6 Å². The molecule has 242 valence electrons. The van der Waals surface area contributed by atoms with Crippen molar-refractivity contribution in [2.75, 3.05) is 39.0 Å². The molecular formula is C29H38F2N4O7S2. The number of likely N-dealkylation sites (tertiary alicyclic amines) is 1. The third-order valence-corrected chi connectivity index (χ3v) is 11.0. The molecule has 2 heterocycles. The molecule has 15 heteroatoms. The number of hydrogen-bond donors (Lipinski definition) is 3. The topological polar surface area (TPSA) is 153 Å². The molecule has 44 heavy (non-hydrogen) atoms. The number of unbranched alkanes of at least 4 members (excludes halogenated alkanes) is 1. The minimum absolute atomic E-state index is 0.00121. The average molecular weight is 657 g/mol. The van der Waals surface area contributed by atoms with Gasteiger partial charge in [-0.1, -0.05) is 13.3 Å². The molecule has 4 atom stereocenters. The highest BCUT2D eigenvalue weighted by atomic mass is 32.2. The fourth-order valence-corrected chi connectivity index (χ4v) is 7.64. The number of sulfone groups is 1. The molecule has 0 saturated carbocycles. The first-order chi connectivity index (χ1) is 20.7. The lowest BCUT2D eigenvalue weighted by molar-refractivity contribution is -0.129. The number of benzene rings is 2. The monoisotopic (exact) mass is 656 g/mol. The van der Waals surface area contributed by atoms with Gasteiger partial charge in [-0.3, -0.25) is 9.59 Å². The maximum atomic E-state index is 14.0. The fraction of sp³-hybridized carbons (Fsp3) is 0.517. The number of carbonyl (C=O) groups is 2. The number of aliphatic hydroxyl groups is 1. The van der Waals surface area contributed by atoms with Crippen LogP contribution < -0.4 is 10.6 Å². The Morgan fingerprint density at radius 1 is 1.07 bits per heavy atom. The molecule has 4 rings (SSSR count). The van der Waals surface area contributed by atoms with E-state index in [1.54, 1.807) is 4.90 Å². The quantitative estimate of drug-likeness (QED) is 0.307. The number of nitrogens with one attached hydrogen (secondary N) is 2. The Balaban J connectivity index is 1.53. The Labute approximate surface area is 256 Å². The van der Waals surface area contributed by atoms with Gasteiger partial charge in [0.2, 0.25) is 21.8 Å². The van der Waals surface area contributed by atoms with Crippen molar-refractivity contribution in [3.05, 3.63) is 59.7 Å². The highest BCUT2D eigenvalue weighted by molar-refractivity contribution is 7.90. The van der Waals surface area contributed by atoms with Gasteiger partial charge in [-0.25, -0.2) is 25.6 Å². The average Bonchev–Trinajstić information content (AvgIpc) is 3.34. The zero-order valence-electron chi connectivity index (χ0n) is 24.6. The van der Waals surface area contributed by atoms with Crippen molar-refractivity contribution in [3.63, 3.8) is 0 Å². The molecule has 2 aliphatic heterocycles. The molecule has 2 saturated heterocycles. The molecule has 0 aliphatic carbocycles. The highest BCUT2D eigenvalue weighted by Crippen LogP contribution is 2.23. The van der Waals surface area contributed by atoms with E-state index in [2.05, 4.69) is 10.6 Å². The predicted molar refractivity (Wildman–Crippen MR) is 158 cm³/mol. The number of nitrogens with zero attached hydrogens (tertiary/aromatic N) is 2. The molecule has 0 radical (unpaired) electrons. The summed E-state index contributed by atoms with van der Waals surface area (Å²) in [6.07, 6.45) is 1.12. The Kier molecular flexibility index (Phi) is 10.8. The third-order valence-electron chi connectivity index (χ3n) is 7.95. The summed E-state index contributed by atoms with van der Waals surface area (Å²) in [5.74, 6) is -2.99. The Hall–Kier alpha value is -2.98. The lowest BCUT2D eigenvalue weighted by atomic mass is 9.94. The van der Waals surface area contributed by atoms with Crippen molar-refractivity contribution in [1.29, 1.82) is 0 Å². The van der Waals surface area contributed by atoms with E-state index in [9.17, 15) is 40.3 Å². The summed E-state index contributed by atoms with van der Waals surface area (Å²) in [7, 11) is -7.62. The van der Waals surface area contributed by atoms with E-state index in [-0.39, 0.29) is 60.3 Å². The first-order valence-electron chi connectivity index (χ1n) is 14.4. The molecule has 2 aromatic rings. The van der Waals surface area contributed by atoms with Crippen molar-refractivity contribution in [2.24, 2.45) is 5.92 Å². The number of aliphatic hydroxyl groups excluding tert-OH is 1. The van der Waals surface area contributed by atoms with E-state index >= 15 is 0 Å². The van der Waals surface area contributed by atoms with Crippen LogP contribution in [0.25, 0.3) is 0 Å². The lowest BCUT2D eigenvalue weighted by Crippen LogP contribution is -2.62. The second kappa shape index (κ2) is 14.0. The van der Waals surface area contributed by atoms with Crippen molar-refractivity contribution in [2.45, 2.75) is 60.6 Å². The summed E-state index contributed by atoms with van der Waals surface area (Å²) in [6, 6.07) is 5.73. The second-order valence-corrected chi connectivity index (χ2v) is 15.3. The standard InChI is InChI=1S/C29H38F2N4O7S2/c1-3-4-10-34-17-20(15-27(34)36)29(38)33-25(14-19-12-21(30)16-22(31)13-19)28(37)26-18-35(11-9-32-26)44(41,42)24-7-5-23(6-8-24)43(2,39)40/h5-8,12-13,16,20,25-26,28,32,37H,3-4,9-11,14-15,17-18H2,1-2H3,(H,33,38)/t20?,25?,26-,28+/m1/s1. The van der Waals surface area contributed by atoms with Gasteiger partial charge in [-0.2, -0.15) is 4.31 Å². The third kappa shape index (κ3) is 8.18. The van der Waals surface area contributed by atoms with Crippen molar-refractivity contribution in [1.82, 2.24) is 19.8 Å². The summed E-state index contributed by atoms with van der Waals surface area (Å²) >= 11 is 0. The Morgan fingerprint density at radius 3 is 2.32 bits per heavy atom. The van der Waals surface area contributed by atoms with Crippen LogP contribution >= 0.6 is 0 Å². The van der Waals surface area contributed by atoms with E-state index in [1.807, 2.05) is 6.92 Å². The SMILES string of the molecule is CCCCN1CC(C(=O)NC(Cc2cc(F)cc(F)c2)[C@H](O)[C@H]2CN(S(=O)(=O)c3ccc(S(C)(=O)=O)cc3)CCN2)CC1=O. The lowest BCUT2D eigenvalue weighted by Gasteiger charge is -2.38. The second-order valence-electron chi connectivity index (χ2n) is 11.3. The van der Waals surface area contributed by atoms with Gasteiger partial charge in [0.15, 0.2) is 9.84 Å². The van der Waals surface area contributed by atoms with Gasteiger partial charge in [0, 0.05) is 57.5 Å². The van der Waals surface area contributed by atoms with Gasteiger partial charge in [0.05, 0.1) is 27.9 Å². The molecule has 2 amide bonds. The Bertz CT molecular complexity index is 1550. The number of sulfonamides is 1. The fourth-order valence-electron chi connectivity index (χ4n) is 5.54. The summed E-state index contributed by atoms with van der Waals surface area (Å²) in [6.45, 7) is 2.75. The molecule has 2 aliphatic rings. The number of carbonyl (C=O) groups excluding carboxylic acids is 2. The molecule has 2 fully saturated rings. The minimum Gasteiger partial charge on any atom is -0.389 e. The van der Waals surface area contributed by atoms with Crippen LogP contribution in [0.4, 0.5) is 8.78 Å². The first kappa shape index (κ1) is 33.9. The maximum Gasteiger partial charge on any atom is 0.243 e. The summed E-state index contributed by atoms with van der Waals surface area (Å²) < 4.78 is 79.6. The molecule has 0 bridgehead atoms. The predicted octanol–water partition coefficient (Wildman–Crippen LogP) is 1.07.